The fourth-order valence-corrected chi connectivity index (χ4v) is 2.71. The number of methoxy groups -OCH3 is 1. The molecule has 1 aromatic heterocycles. The lowest BCUT2D eigenvalue weighted by Gasteiger charge is -2.19. The summed E-state index contributed by atoms with van der Waals surface area (Å²) in [4.78, 5) is 17.9. The molecule has 90 valence electrons. The van der Waals surface area contributed by atoms with Crippen LogP contribution in [0.2, 0.25) is 0 Å². The van der Waals surface area contributed by atoms with Gasteiger partial charge in [-0.3, -0.25) is 0 Å². The molecule has 1 aliphatic rings. The summed E-state index contributed by atoms with van der Waals surface area (Å²) in [5.41, 5.74) is 1.41. The van der Waals surface area contributed by atoms with E-state index >= 15 is 0 Å². The van der Waals surface area contributed by atoms with Crippen LogP contribution in [-0.4, -0.2) is 18.1 Å². The Morgan fingerprint density at radius 1 is 1.33 bits per heavy atom. The zero-order chi connectivity index (χ0) is 12.5. The number of rotatable bonds is 1. The van der Waals surface area contributed by atoms with Gasteiger partial charge in [-0.05, 0) is 30.3 Å². The van der Waals surface area contributed by atoms with E-state index in [4.69, 9.17) is 4.74 Å². The zero-order valence-electron chi connectivity index (χ0n) is 9.64. The minimum absolute atomic E-state index is 0.337. The van der Waals surface area contributed by atoms with E-state index in [9.17, 15) is 4.79 Å². The number of carbonyl (C=O) groups excluding carboxylic acids is 1. The van der Waals surface area contributed by atoms with Crippen LogP contribution in [0.3, 0.4) is 0 Å². The molecule has 0 aliphatic carbocycles. The maximum atomic E-state index is 11.5. The molecule has 1 N–H and O–H groups in total. The number of nitrogens with zero attached hydrogens (tertiary/aromatic N) is 1. The number of nitrogens with one attached hydrogen (secondary N) is 1. The highest BCUT2D eigenvalue weighted by atomic mass is 32.2. The van der Waals surface area contributed by atoms with Crippen molar-refractivity contribution in [2.24, 2.45) is 0 Å². The number of carbonyl (C=O) groups is 1. The summed E-state index contributed by atoms with van der Waals surface area (Å²) in [6.45, 7) is 0. The van der Waals surface area contributed by atoms with Gasteiger partial charge in [-0.2, -0.15) is 0 Å². The molecule has 0 unspecified atom stereocenters. The number of benzene rings is 1. The first-order chi connectivity index (χ1) is 8.78. The third-order valence-corrected chi connectivity index (χ3v) is 3.77. The molecule has 0 bridgehead atoms. The third kappa shape index (κ3) is 1.82. The van der Waals surface area contributed by atoms with Gasteiger partial charge in [-0.1, -0.05) is 11.8 Å². The van der Waals surface area contributed by atoms with Gasteiger partial charge in [0.25, 0.3) is 0 Å². The molecule has 3 rings (SSSR count). The van der Waals surface area contributed by atoms with Crippen LogP contribution in [0.1, 0.15) is 10.4 Å². The quantitative estimate of drug-likeness (QED) is 0.680. The number of anilines is 2. The lowest BCUT2D eigenvalue weighted by Crippen LogP contribution is -2.05. The van der Waals surface area contributed by atoms with Crippen LogP contribution in [0.4, 0.5) is 11.5 Å². The van der Waals surface area contributed by atoms with Crippen LogP contribution in [0.25, 0.3) is 0 Å². The Hall–Kier alpha value is -2.01. The Labute approximate surface area is 108 Å². The number of hydrogen-bond acceptors (Lipinski definition) is 5. The van der Waals surface area contributed by atoms with Gasteiger partial charge in [0, 0.05) is 11.1 Å². The van der Waals surface area contributed by atoms with Crippen molar-refractivity contribution in [3.05, 3.63) is 42.1 Å². The molecular weight excluding hydrogens is 248 g/mol. The topological polar surface area (TPSA) is 51.2 Å². The van der Waals surface area contributed by atoms with Crippen LogP contribution in [-0.2, 0) is 4.74 Å². The summed E-state index contributed by atoms with van der Waals surface area (Å²) >= 11 is 1.63. The highest BCUT2D eigenvalue weighted by Crippen LogP contribution is 2.43. The average Bonchev–Trinajstić information content (AvgIpc) is 2.43. The van der Waals surface area contributed by atoms with E-state index in [0.29, 0.717) is 5.56 Å². The van der Waals surface area contributed by atoms with Gasteiger partial charge in [0.2, 0.25) is 0 Å². The van der Waals surface area contributed by atoms with Crippen LogP contribution < -0.4 is 5.32 Å². The normalized spacial score (nSPS) is 12.1. The van der Waals surface area contributed by atoms with Gasteiger partial charge in [0.05, 0.1) is 23.3 Å². The number of aromatic nitrogens is 1. The Balaban J connectivity index is 2.01. The van der Waals surface area contributed by atoms with E-state index in [1.807, 2.05) is 18.2 Å². The van der Waals surface area contributed by atoms with Crippen molar-refractivity contribution >= 4 is 29.2 Å². The van der Waals surface area contributed by atoms with Gasteiger partial charge in [0.15, 0.2) is 0 Å². The molecule has 0 fully saturated rings. The van der Waals surface area contributed by atoms with Crippen molar-refractivity contribution in [2.75, 3.05) is 12.4 Å². The molecule has 0 spiro atoms. The fourth-order valence-electron chi connectivity index (χ4n) is 1.77. The van der Waals surface area contributed by atoms with E-state index in [-0.39, 0.29) is 5.97 Å². The molecule has 0 atom stereocenters. The van der Waals surface area contributed by atoms with Gasteiger partial charge in [-0.15, -0.1) is 0 Å². The predicted octanol–water partition coefficient (Wildman–Crippen LogP) is 3.08. The second-order valence-electron chi connectivity index (χ2n) is 3.78. The molecule has 18 heavy (non-hydrogen) atoms. The van der Waals surface area contributed by atoms with E-state index in [2.05, 4.69) is 10.3 Å². The lowest BCUT2D eigenvalue weighted by molar-refractivity contribution is 0.0600. The van der Waals surface area contributed by atoms with Crippen LogP contribution in [0.15, 0.2) is 46.3 Å². The second kappa shape index (κ2) is 4.34. The molecule has 0 radical (unpaired) electrons. The van der Waals surface area contributed by atoms with Crippen molar-refractivity contribution in [2.45, 2.75) is 9.79 Å². The second-order valence-corrected chi connectivity index (χ2v) is 4.86. The zero-order valence-corrected chi connectivity index (χ0v) is 10.5. The van der Waals surface area contributed by atoms with Gasteiger partial charge < -0.3 is 10.1 Å². The standard InChI is InChI=1S/C13H10N2O2S/c1-17-13(16)8-4-5-10-9(7-8)15-12-11(18-10)3-2-6-14-12/h2-7H,1H3,(H,14,15). The maximum Gasteiger partial charge on any atom is 0.337 e. The average molecular weight is 258 g/mol. The Bertz CT molecular complexity index is 628. The van der Waals surface area contributed by atoms with E-state index in [0.717, 1.165) is 21.3 Å². The molecule has 0 amide bonds. The number of fused-ring (bicyclic) bond motifs is 2. The Kier molecular flexibility index (Phi) is 2.68. The summed E-state index contributed by atoms with van der Waals surface area (Å²) in [6, 6.07) is 9.38. The number of ether oxygens (including phenoxy) is 1. The predicted molar refractivity (Wildman–Crippen MR) is 69.4 cm³/mol. The highest BCUT2D eigenvalue weighted by molar-refractivity contribution is 7.99. The molecule has 0 saturated heterocycles. The summed E-state index contributed by atoms with van der Waals surface area (Å²) in [7, 11) is 1.38. The number of pyridine rings is 1. The lowest BCUT2D eigenvalue weighted by atomic mass is 10.2. The van der Waals surface area contributed by atoms with Crippen LogP contribution >= 0.6 is 11.8 Å². The summed E-state index contributed by atoms with van der Waals surface area (Å²) in [5, 5.41) is 3.22. The Morgan fingerprint density at radius 3 is 3.06 bits per heavy atom. The molecule has 2 heterocycles. The van der Waals surface area contributed by atoms with Gasteiger partial charge >= 0.3 is 5.97 Å². The minimum atomic E-state index is -0.337. The van der Waals surface area contributed by atoms with Gasteiger partial charge in [-0.25, -0.2) is 9.78 Å². The van der Waals surface area contributed by atoms with Crippen LogP contribution in [0.5, 0.6) is 0 Å². The summed E-state index contributed by atoms with van der Waals surface area (Å²) in [6.07, 6.45) is 1.74. The molecule has 0 saturated carbocycles. The highest BCUT2D eigenvalue weighted by Gasteiger charge is 2.18. The minimum Gasteiger partial charge on any atom is -0.465 e. The molecule has 1 aliphatic heterocycles. The van der Waals surface area contributed by atoms with E-state index in [1.54, 1.807) is 30.1 Å². The summed E-state index contributed by atoms with van der Waals surface area (Å²) in [5.74, 6) is 0.480. The van der Waals surface area contributed by atoms with Crippen molar-refractivity contribution in [3.8, 4) is 0 Å². The van der Waals surface area contributed by atoms with Crippen molar-refractivity contribution in [1.82, 2.24) is 4.98 Å². The monoisotopic (exact) mass is 258 g/mol. The van der Waals surface area contributed by atoms with Crippen molar-refractivity contribution in [3.63, 3.8) is 0 Å². The molecule has 4 nitrogen and oxygen atoms in total. The fraction of sp³-hybridized carbons (Fsp3) is 0.0769. The SMILES string of the molecule is COC(=O)c1ccc2c(c1)Nc1ncccc1S2. The first-order valence-corrected chi connectivity index (χ1v) is 6.22. The summed E-state index contributed by atoms with van der Waals surface area (Å²) < 4.78 is 4.71. The van der Waals surface area contributed by atoms with Gasteiger partial charge in [0.1, 0.15) is 5.82 Å². The molecular formula is C13H10N2O2S. The maximum absolute atomic E-state index is 11.5. The van der Waals surface area contributed by atoms with Crippen molar-refractivity contribution < 1.29 is 9.53 Å². The van der Waals surface area contributed by atoms with Crippen molar-refractivity contribution in [1.29, 1.82) is 0 Å². The Morgan fingerprint density at radius 2 is 2.22 bits per heavy atom. The number of hydrogen-bond donors (Lipinski definition) is 1. The third-order valence-electron chi connectivity index (χ3n) is 2.64. The van der Waals surface area contributed by atoms with E-state index in [1.165, 1.54) is 7.11 Å². The largest absolute Gasteiger partial charge is 0.465 e. The molecule has 1 aromatic carbocycles. The number of esters is 1. The smallest absolute Gasteiger partial charge is 0.337 e. The molecule has 2 aromatic rings. The first kappa shape index (κ1) is 11.1. The molecule has 5 heteroatoms. The first-order valence-electron chi connectivity index (χ1n) is 5.40. The van der Waals surface area contributed by atoms with E-state index < -0.39 is 0 Å². The van der Waals surface area contributed by atoms with Crippen LogP contribution in [0, 0.1) is 0 Å².